The predicted octanol–water partition coefficient (Wildman–Crippen LogP) is 11.5. The van der Waals surface area contributed by atoms with Gasteiger partial charge in [-0.1, -0.05) is 13.0 Å². The van der Waals surface area contributed by atoms with Crippen LogP contribution in [-0.4, -0.2) is 106 Å². The zero-order chi connectivity index (χ0) is 46.6. The van der Waals surface area contributed by atoms with E-state index in [1.165, 1.54) is 0 Å². The van der Waals surface area contributed by atoms with Crippen LogP contribution in [0.4, 0.5) is 145 Å². The largest absolute Gasteiger partial charge is 0.478 e. The van der Waals surface area contributed by atoms with E-state index < -0.39 is 119 Å². The molecule has 0 radical (unpaired) electrons. The molecule has 0 bridgehead atoms. The van der Waals surface area contributed by atoms with Crippen LogP contribution in [0.5, 0.6) is 0 Å². The van der Waals surface area contributed by atoms with Crippen molar-refractivity contribution in [1.29, 1.82) is 0 Å². The smallest absolute Gasteiger partial charge is 0.460 e. The molecule has 0 atom stereocenters. The van der Waals surface area contributed by atoms with Crippen LogP contribution in [0.15, 0.2) is 11.6 Å². The lowest BCUT2D eigenvalue weighted by molar-refractivity contribution is -0.490. The average molecular weight is 918 g/mol. The van der Waals surface area contributed by atoms with Crippen molar-refractivity contribution in [3.8, 4) is 0 Å². The molecule has 0 fully saturated rings. The zero-order valence-corrected chi connectivity index (χ0v) is 24.6. The van der Waals surface area contributed by atoms with E-state index in [1.54, 1.807) is 0 Å². The molecule has 2 nitrogen and oxygen atoms in total. The van der Waals surface area contributed by atoms with Crippen LogP contribution in [0.1, 0.15) is 13.3 Å². The van der Waals surface area contributed by atoms with E-state index in [0.29, 0.717) is 6.92 Å². The molecule has 334 valence electrons. The van der Waals surface area contributed by atoms with Crippen molar-refractivity contribution in [1.82, 2.24) is 0 Å². The second kappa shape index (κ2) is 13.2. The highest BCUT2D eigenvalue weighted by molar-refractivity contribution is 5.88. The Balaban J connectivity index is 7.85. The minimum Gasteiger partial charge on any atom is -0.478 e. The summed E-state index contributed by atoms with van der Waals surface area (Å²) in [6, 6.07) is 0. The topological polar surface area (TPSA) is 37.3 Å². The summed E-state index contributed by atoms with van der Waals surface area (Å²) in [4.78, 5) is 10.7. The van der Waals surface area contributed by atoms with Gasteiger partial charge in [0.1, 0.15) is 5.57 Å². The SMILES string of the molecule is CCC=C(C(=O)O)C(F)(F)C(F)(F)C(F)(F)C(F)(F)C(F)(F)C(F)(F)C(F)(F)C(F)(F)C(F)(F)C(F)(F)C(F)(F)C(F)(F)C(F)(F)C(F)(F)C(F)(F)C(F)(F)F. The van der Waals surface area contributed by atoms with Gasteiger partial charge in [-0.15, -0.1) is 0 Å². The molecule has 0 aliphatic heterocycles. The Morgan fingerprint density at radius 1 is 0.339 bits per heavy atom. The van der Waals surface area contributed by atoms with E-state index in [9.17, 15) is 150 Å². The Bertz CT molecular complexity index is 1490. The number of halogens is 33. The minimum absolute atomic E-state index is 0.407. The van der Waals surface area contributed by atoms with E-state index in [0.717, 1.165) is 0 Å². The molecule has 0 aromatic carbocycles. The third-order valence-electron chi connectivity index (χ3n) is 6.85. The molecule has 0 unspecified atom stereocenters. The van der Waals surface area contributed by atoms with Crippen molar-refractivity contribution in [2.75, 3.05) is 0 Å². The highest BCUT2D eigenvalue weighted by Crippen LogP contribution is 2.70. The fraction of sp³-hybridized carbons (Fsp3) is 0.857. The van der Waals surface area contributed by atoms with Crippen molar-refractivity contribution in [2.24, 2.45) is 0 Å². The summed E-state index contributed by atoms with van der Waals surface area (Å²) in [5.74, 6) is -148. The van der Waals surface area contributed by atoms with Crippen LogP contribution in [0.2, 0.25) is 0 Å². The van der Waals surface area contributed by atoms with Gasteiger partial charge in [0.05, 0.1) is 0 Å². The molecular formula is C21H7F33O2. The van der Waals surface area contributed by atoms with E-state index in [4.69, 9.17) is 5.11 Å². The van der Waals surface area contributed by atoms with E-state index in [1.807, 2.05) is 0 Å². The number of alkyl halides is 33. The quantitative estimate of drug-likeness (QED) is 0.117. The number of aliphatic carboxylic acids is 1. The Morgan fingerprint density at radius 3 is 0.643 bits per heavy atom. The summed E-state index contributed by atoms with van der Waals surface area (Å²) in [6.45, 7) is 0.407. The Morgan fingerprint density at radius 2 is 0.500 bits per heavy atom. The van der Waals surface area contributed by atoms with Crippen molar-refractivity contribution in [3.05, 3.63) is 11.6 Å². The van der Waals surface area contributed by atoms with E-state index in [2.05, 4.69) is 0 Å². The zero-order valence-electron chi connectivity index (χ0n) is 24.6. The van der Waals surface area contributed by atoms with Gasteiger partial charge in [-0.05, 0) is 6.42 Å². The highest BCUT2D eigenvalue weighted by atomic mass is 19.4. The molecular weight excluding hydrogens is 911 g/mol. The predicted molar refractivity (Wildman–Crippen MR) is 106 cm³/mol. The van der Waals surface area contributed by atoms with Crippen LogP contribution >= 0.6 is 0 Å². The van der Waals surface area contributed by atoms with Gasteiger partial charge in [-0.25, -0.2) is 4.79 Å². The van der Waals surface area contributed by atoms with Gasteiger partial charge in [0.2, 0.25) is 0 Å². The first-order valence-electron chi connectivity index (χ1n) is 12.3. The Kier molecular flexibility index (Phi) is 12.5. The Labute approximate surface area is 282 Å². The fourth-order valence-corrected chi connectivity index (χ4v) is 3.46. The maximum absolute atomic E-state index is 14.0. The minimum atomic E-state index is -10.3. The molecule has 0 spiro atoms. The fourth-order valence-electron chi connectivity index (χ4n) is 3.46. The number of carboxylic acid groups (broad SMARTS) is 1. The maximum Gasteiger partial charge on any atom is 0.460 e. The van der Waals surface area contributed by atoms with Gasteiger partial charge in [-0.3, -0.25) is 0 Å². The molecule has 0 saturated carbocycles. The summed E-state index contributed by atoms with van der Waals surface area (Å²) < 4.78 is 449. The van der Waals surface area contributed by atoms with Crippen LogP contribution in [0, 0.1) is 0 Å². The summed E-state index contributed by atoms with van der Waals surface area (Å²) in [7, 11) is 0. The molecule has 35 heteroatoms. The van der Waals surface area contributed by atoms with Crippen LogP contribution in [0.25, 0.3) is 0 Å². The van der Waals surface area contributed by atoms with Crippen molar-refractivity contribution in [2.45, 2.75) is 108 Å². The van der Waals surface area contributed by atoms with Gasteiger partial charge in [0, 0.05) is 0 Å². The normalized spacial score (nSPS) is 17.1. The number of allylic oxidation sites excluding steroid dienone is 1. The lowest BCUT2D eigenvalue weighted by Crippen LogP contribution is -2.80. The third-order valence-corrected chi connectivity index (χ3v) is 6.85. The standard InChI is InChI=1S/C21H7F33O2/c1-2-3-4(5(55)56)6(22,23)7(24,25)8(26,27)9(28,29)10(30,31)11(32,33)12(34,35)13(36,37)14(38,39)15(40,41)16(42,43)17(44,45)18(46,47)19(48,49)20(50,51)21(52,53)54/h3H,2H2,1H3,(H,55,56). The van der Waals surface area contributed by atoms with E-state index in [-0.39, 0.29) is 0 Å². The second-order valence-corrected chi connectivity index (χ2v) is 10.4. The number of hydrogen-bond acceptors (Lipinski definition) is 1. The van der Waals surface area contributed by atoms with Crippen LogP contribution in [-0.2, 0) is 4.79 Å². The molecule has 56 heavy (non-hydrogen) atoms. The number of carboxylic acids is 1. The van der Waals surface area contributed by atoms with Gasteiger partial charge in [-0.2, -0.15) is 145 Å². The summed E-state index contributed by atoms with van der Waals surface area (Å²) >= 11 is 0. The first-order valence-corrected chi connectivity index (χ1v) is 12.3. The van der Waals surface area contributed by atoms with Crippen molar-refractivity contribution >= 4 is 5.97 Å². The second-order valence-electron chi connectivity index (χ2n) is 10.4. The average Bonchev–Trinajstić information content (AvgIpc) is 2.97. The molecule has 0 aromatic heterocycles. The Hall–Kier alpha value is -3.10. The third kappa shape index (κ3) is 6.04. The van der Waals surface area contributed by atoms with Gasteiger partial charge < -0.3 is 5.11 Å². The van der Waals surface area contributed by atoms with Crippen molar-refractivity contribution < 1.29 is 155 Å². The molecule has 0 aliphatic carbocycles. The highest BCUT2D eigenvalue weighted by Gasteiger charge is 3.02. The number of carbonyl (C=O) groups is 1. The van der Waals surface area contributed by atoms with Crippen LogP contribution in [0.3, 0.4) is 0 Å². The summed E-state index contributed by atoms with van der Waals surface area (Å²) in [5, 5.41) is 8.40. The first-order chi connectivity index (χ1) is 23.6. The maximum atomic E-state index is 14.0. The lowest BCUT2D eigenvalue weighted by atomic mass is 9.82. The first kappa shape index (κ1) is 52.9. The van der Waals surface area contributed by atoms with Gasteiger partial charge in [0.15, 0.2) is 0 Å². The molecule has 0 saturated heterocycles. The van der Waals surface area contributed by atoms with E-state index >= 15 is 0 Å². The summed E-state index contributed by atoms with van der Waals surface area (Å²) in [6.07, 6.45) is -10.7. The molecule has 0 amide bonds. The summed E-state index contributed by atoms with van der Waals surface area (Å²) in [5.41, 5.74) is -3.59. The van der Waals surface area contributed by atoms with Gasteiger partial charge in [0.25, 0.3) is 0 Å². The molecule has 0 heterocycles. The van der Waals surface area contributed by atoms with Crippen molar-refractivity contribution in [3.63, 3.8) is 0 Å². The molecule has 0 aromatic rings. The lowest BCUT2D eigenvalue weighted by Gasteiger charge is -2.47. The monoisotopic (exact) mass is 918 g/mol. The number of hydrogen-bond donors (Lipinski definition) is 1. The van der Waals surface area contributed by atoms with Gasteiger partial charge >= 0.3 is 101 Å². The number of rotatable bonds is 17. The molecule has 1 N–H and O–H groups in total. The molecule has 0 rings (SSSR count). The van der Waals surface area contributed by atoms with Crippen LogP contribution < -0.4 is 0 Å². The molecule has 0 aliphatic rings.